The third-order valence-corrected chi connectivity index (χ3v) is 9.30. The van der Waals surface area contributed by atoms with Crippen molar-refractivity contribution in [3.63, 3.8) is 0 Å². The summed E-state index contributed by atoms with van der Waals surface area (Å²) in [5.41, 5.74) is 8.72. The largest absolute Gasteiger partial charge is 0.512 e. The third-order valence-electron chi connectivity index (χ3n) is 9.30. The Morgan fingerprint density at radius 3 is 2.02 bits per heavy atom. The first-order valence-corrected chi connectivity index (χ1v) is 16.0. The van der Waals surface area contributed by atoms with Gasteiger partial charge >= 0.3 is 0 Å². The van der Waals surface area contributed by atoms with Crippen LogP contribution in [0.3, 0.4) is 0 Å². The van der Waals surface area contributed by atoms with Crippen LogP contribution in [0.25, 0.3) is 43.9 Å². The molecule has 0 unspecified atom stereocenters. The summed E-state index contributed by atoms with van der Waals surface area (Å²) in [4.78, 5) is 16.7. The molecule has 0 saturated heterocycles. The van der Waals surface area contributed by atoms with Crippen molar-refractivity contribution in [3.05, 3.63) is 113 Å². The predicted octanol–water partition coefficient (Wildman–Crippen LogP) is 11.6. The second-order valence-corrected chi connectivity index (χ2v) is 13.7. The van der Waals surface area contributed by atoms with Crippen LogP contribution in [0.2, 0.25) is 0 Å². The zero-order valence-electron chi connectivity index (χ0n) is 29.1. The Kier molecular flexibility index (Phi) is 11.9. The zero-order valence-corrected chi connectivity index (χ0v) is 31.5. The van der Waals surface area contributed by atoms with E-state index in [1.165, 1.54) is 55.4 Å². The van der Waals surface area contributed by atoms with Crippen molar-refractivity contribution < 1.29 is 30.0 Å². The summed E-state index contributed by atoms with van der Waals surface area (Å²) in [6, 6.07) is 27.6. The number of aliphatic hydroxyl groups is 1. The number of fused-ring (bicyclic) bond motifs is 3. The van der Waals surface area contributed by atoms with Crippen molar-refractivity contribution in [2.45, 2.75) is 82.1 Å². The van der Waals surface area contributed by atoms with Gasteiger partial charge in [0.15, 0.2) is 5.78 Å². The third kappa shape index (κ3) is 8.03. The number of nitrogens with zero attached hydrogens (tertiary/aromatic N) is 1. The predicted molar refractivity (Wildman–Crippen MR) is 192 cm³/mol. The first-order chi connectivity index (χ1) is 21.2. The van der Waals surface area contributed by atoms with E-state index in [1.54, 1.807) is 0 Å². The molecule has 0 amide bonds. The fraction of sp³-hybridized carbons (Fsp3) is 0.333. The van der Waals surface area contributed by atoms with Gasteiger partial charge in [0, 0.05) is 43.2 Å². The molecule has 0 aliphatic heterocycles. The average molecular weight is 791 g/mol. The van der Waals surface area contributed by atoms with Crippen LogP contribution in [-0.2, 0) is 24.9 Å². The van der Waals surface area contributed by atoms with E-state index >= 15 is 0 Å². The minimum absolute atomic E-state index is 0. The van der Waals surface area contributed by atoms with Crippen LogP contribution < -0.4 is 0 Å². The smallest absolute Gasteiger partial charge is 0.164 e. The Bertz CT molecular complexity index is 1860. The van der Waals surface area contributed by atoms with E-state index in [1.807, 2.05) is 47.7 Å². The van der Waals surface area contributed by atoms with E-state index < -0.39 is 0 Å². The van der Waals surface area contributed by atoms with E-state index in [2.05, 4.69) is 100 Å². The quantitative estimate of drug-likeness (QED) is 0.0773. The van der Waals surface area contributed by atoms with Gasteiger partial charge in [0.1, 0.15) is 5.76 Å². The Labute approximate surface area is 289 Å². The van der Waals surface area contributed by atoms with Gasteiger partial charge in [-0.05, 0) is 82.2 Å². The molecule has 1 N–H and O–H groups in total. The van der Waals surface area contributed by atoms with E-state index in [0.717, 1.165) is 29.7 Å². The van der Waals surface area contributed by atoms with Gasteiger partial charge in [0.25, 0.3) is 0 Å². The SMILES string of the molecule is CCC(C)(C)C(=O)/C=C(\O)C(C)(C)CC.Cc1[c-]c(-c2ncc(C)c3ccc4c(C)cc(-c5ccccc5)cc4c23)cc(C)c1.[Ir]. The summed E-state index contributed by atoms with van der Waals surface area (Å²) >= 11 is 0. The van der Waals surface area contributed by atoms with Gasteiger partial charge in [-0.3, -0.25) is 4.79 Å². The van der Waals surface area contributed by atoms with Crippen LogP contribution in [0.5, 0.6) is 0 Å². The van der Waals surface area contributed by atoms with Crippen molar-refractivity contribution in [2.75, 3.05) is 0 Å². The molecule has 1 heterocycles. The fourth-order valence-corrected chi connectivity index (χ4v) is 5.40. The van der Waals surface area contributed by atoms with Crippen molar-refractivity contribution in [2.24, 2.45) is 10.8 Å². The number of pyridine rings is 1. The Hall–Kier alpha value is -3.59. The molecule has 243 valence electrons. The molecule has 4 heteroatoms. The summed E-state index contributed by atoms with van der Waals surface area (Å²) < 4.78 is 0. The molecule has 0 saturated carbocycles. The van der Waals surface area contributed by atoms with Crippen LogP contribution in [-0.4, -0.2) is 15.9 Å². The minimum Gasteiger partial charge on any atom is -0.512 e. The van der Waals surface area contributed by atoms with Crippen LogP contribution in [0.1, 0.15) is 76.6 Å². The first kappa shape index (κ1) is 36.9. The van der Waals surface area contributed by atoms with Crippen LogP contribution in [0.4, 0.5) is 0 Å². The van der Waals surface area contributed by atoms with Crippen LogP contribution in [0, 0.1) is 44.6 Å². The topological polar surface area (TPSA) is 50.2 Å². The fourth-order valence-electron chi connectivity index (χ4n) is 5.40. The van der Waals surface area contributed by atoms with E-state index in [4.69, 9.17) is 4.98 Å². The first-order valence-electron chi connectivity index (χ1n) is 16.0. The number of carbonyl (C=O) groups excluding carboxylic acids is 1. The Balaban J connectivity index is 0.000000309. The van der Waals surface area contributed by atoms with Crippen molar-refractivity contribution in [3.8, 4) is 22.4 Å². The van der Waals surface area contributed by atoms with Crippen LogP contribution in [0.15, 0.2) is 84.8 Å². The molecular formula is C42H48IrNO2-. The molecule has 1 aromatic heterocycles. The molecule has 0 fully saturated rings. The summed E-state index contributed by atoms with van der Waals surface area (Å²) in [6.07, 6.45) is 4.98. The summed E-state index contributed by atoms with van der Waals surface area (Å²) in [7, 11) is 0. The number of aromatic nitrogens is 1. The van der Waals surface area contributed by atoms with Crippen molar-refractivity contribution in [1.82, 2.24) is 4.98 Å². The van der Waals surface area contributed by atoms with Gasteiger partial charge in [-0.25, -0.2) is 0 Å². The van der Waals surface area contributed by atoms with E-state index in [9.17, 15) is 9.90 Å². The monoisotopic (exact) mass is 791 g/mol. The second kappa shape index (κ2) is 14.9. The maximum atomic E-state index is 11.8. The number of carbonyl (C=O) groups is 1. The number of hydrogen-bond donors (Lipinski definition) is 1. The summed E-state index contributed by atoms with van der Waals surface area (Å²) in [5, 5.41) is 14.9. The summed E-state index contributed by atoms with van der Waals surface area (Å²) in [6.45, 7) is 20.2. The average Bonchev–Trinajstić information content (AvgIpc) is 3.01. The number of allylic oxidation sites excluding steroid dienone is 2. The van der Waals surface area contributed by atoms with Gasteiger partial charge in [-0.2, -0.15) is 0 Å². The molecular weight excluding hydrogens is 743 g/mol. The Morgan fingerprint density at radius 2 is 1.41 bits per heavy atom. The zero-order chi connectivity index (χ0) is 33.1. The molecule has 1 radical (unpaired) electrons. The van der Waals surface area contributed by atoms with Gasteiger partial charge in [-0.15, -0.1) is 34.9 Å². The maximum absolute atomic E-state index is 11.8. The van der Waals surface area contributed by atoms with E-state index in [0.29, 0.717) is 0 Å². The minimum atomic E-state index is -0.377. The van der Waals surface area contributed by atoms with Gasteiger partial charge < -0.3 is 10.1 Å². The van der Waals surface area contributed by atoms with E-state index in [-0.39, 0.29) is 42.5 Å². The number of ketones is 1. The summed E-state index contributed by atoms with van der Waals surface area (Å²) in [5.74, 6) is 0.195. The number of hydrogen-bond acceptors (Lipinski definition) is 3. The molecule has 5 rings (SSSR count). The molecule has 5 aromatic rings. The number of aliphatic hydroxyl groups excluding tert-OH is 1. The number of aryl methyl sites for hydroxylation is 4. The second-order valence-electron chi connectivity index (χ2n) is 13.7. The molecule has 0 aliphatic rings. The molecule has 0 spiro atoms. The van der Waals surface area contributed by atoms with Gasteiger partial charge in [0.05, 0.1) is 0 Å². The molecule has 46 heavy (non-hydrogen) atoms. The van der Waals surface area contributed by atoms with Gasteiger partial charge in [-0.1, -0.05) is 104 Å². The van der Waals surface area contributed by atoms with Crippen molar-refractivity contribution in [1.29, 1.82) is 0 Å². The Morgan fingerprint density at radius 1 is 0.783 bits per heavy atom. The van der Waals surface area contributed by atoms with Gasteiger partial charge in [0.2, 0.25) is 0 Å². The normalized spacial score (nSPS) is 12.0. The standard InChI is InChI=1S/C29H24N.C13H24O2.Ir/c1-18-12-19(2)14-24(13-18)29-28-26(21(4)17-30-29)11-10-25-20(3)15-23(16-27(25)28)22-8-6-5-7-9-22;1-7-12(3,4)10(14)9-11(15)13(5,6)8-2;/h5-13,15-17H,1-4H3;9,14H,7-8H2,1-6H3;/q-1;;/b;10-9-;. The molecule has 4 aromatic carbocycles. The van der Waals surface area contributed by atoms with Crippen molar-refractivity contribution >= 4 is 27.3 Å². The molecule has 0 bridgehead atoms. The maximum Gasteiger partial charge on any atom is 0.164 e. The number of benzene rings is 4. The van der Waals surface area contributed by atoms with Crippen LogP contribution >= 0.6 is 0 Å². The molecule has 3 nitrogen and oxygen atoms in total. The number of rotatable bonds is 7. The molecule has 0 aliphatic carbocycles. The molecule has 0 atom stereocenters.